The van der Waals surface area contributed by atoms with Crippen LogP contribution in [-0.4, -0.2) is 62.6 Å². The molecule has 26 heavy (non-hydrogen) atoms. The van der Waals surface area contributed by atoms with E-state index in [9.17, 15) is 4.79 Å². The monoisotopic (exact) mass is 349 g/mol. The van der Waals surface area contributed by atoms with Gasteiger partial charge in [-0.05, 0) is 49.1 Å². The maximum Gasteiger partial charge on any atom is 0.254 e. The summed E-state index contributed by atoms with van der Waals surface area (Å²) >= 11 is 0. The second kappa shape index (κ2) is 6.05. The molecule has 1 aliphatic carbocycles. The molecule has 1 N–H and O–H groups in total. The topological polar surface area (TPSA) is 90.9 Å². The highest BCUT2D eigenvalue weighted by Gasteiger charge is 2.24. The fraction of sp³-hybridized carbons (Fsp3) is 0.389. The highest BCUT2D eigenvalue weighted by Crippen LogP contribution is 2.23. The van der Waals surface area contributed by atoms with Crippen LogP contribution in [0.3, 0.4) is 0 Å². The standard InChI is InChI=1S/C18H19N7O/c26-18(13-4-5-15-16(10-13)21-23-20-15)25-8-6-24(7-9-25)17-11-12-2-1-3-14(12)19-22-17/h4-5,10-11H,1-3,6-9H2,(H,20,21,23). The lowest BCUT2D eigenvalue weighted by molar-refractivity contribution is 0.0746. The quantitative estimate of drug-likeness (QED) is 0.747. The largest absolute Gasteiger partial charge is 0.352 e. The highest BCUT2D eigenvalue weighted by molar-refractivity contribution is 5.97. The van der Waals surface area contributed by atoms with Crippen LogP contribution in [0.5, 0.6) is 0 Å². The molecule has 2 aromatic heterocycles. The number of nitrogens with one attached hydrogen (secondary N) is 1. The average molecular weight is 349 g/mol. The third-order valence-electron chi connectivity index (χ3n) is 5.26. The molecule has 132 valence electrons. The fourth-order valence-electron chi connectivity index (χ4n) is 3.77. The summed E-state index contributed by atoms with van der Waals surface area (Å²) in [5.74, 6) is 0.969. The number of hydrogen-bond donors (Lipinski definition) is 1. The number of carbonyl (C=O) groups is 1. The van der Waals surface area contributed by atoms with E-state index in [1.807, 2.05) is 17.0 Å². The van der Waals surface area contributed by atoms with Gasteiger partial charge in [0.25, 0.3) is 5.91 Å². The van der Waals surface area contributed by atoms with Gasteiger partial charge in [-0.3, -0.25) is 4.79 Å². The summed E-state index contributed by atoms with van der Waals surface area (Å²) in [6.07, 6.45) is 3.31. The zero-order valence-corrected chi connectivity index (χ0v) is 14.4. The molecular formula is C18H19N7O. The number of aromatic nitrogens is 5. The minimum atomic E-state index is 0.0367. The zero-order valence-electron chi connectivity index (χ0n) is 14.4. The Kier molecular flexibility index (Phi) is 3.55. The summed E-state index contributed by atoms with van der Waals surface area (Å²) in [4.78, 5) is 16.9. The number of hydrogen-bond acceptors (Lipinski definition) is 6. The molecule has 0 spiro atoms. The number of aromatic amines is 1. The molecule has 5 rings (SSSR count). The second-order valence-corrected chi connectivity index (χ2v) is 6.83. The van der Waals surface area contributed by atoms with Crippen molar-refractivity contribution in [2.45, 2.75) is 19.3 Å². The number of nitrogens with zero attached hydrogens (tertiary/aromatic N) is 6. The van der Waals surface area contributed by atoms with E-state index < -0.39 is 0 Å². The fourth-order valence-corrected chi connectivity index (χ4v) is 3.77. The maximum absolute atomic E-state index is 12.8. The van der Waals surface area contributed by atoms with Gasteiger partial charge < -0.3 is 9.80 Å². The van der Waals surface area contributed by atoms with Crippen molar-refractivity contribution in [1.29, 1.82) is 0 Å². The van der Waals surface area contributed by atoms with Crippen LogP contribution in [0.1, 0.15) is 28.0 Å². The number of piperazine rings is 1. The predicted octanol–water partition coefficient (Wildman–Crippen LogP) is 1.20. The number of amides is 1. The summed E-state index contributed by atoms with van der Waals surface area (Å²) in [5.41, 5.74) is 4.60. The van der Waals surface area contributed by atoms with Crippen molar-refractivity contribution in [1.82, 2.24) is 30.5 Å². The molecule has 3 heterocycles. The van der Waals surface area contributed by atoms with Crippen molar-refractivity contribution < 1.29 is 4.79 Å². The van der Waals surface area contributed by atoms with Crippen molar-refractivity contribution in [3.8, 4) is 0 Å². The van der Waals surface area contributed by atoms with Gasteiger partial charge in [-0.25, -0.2) is 0 Å². The second-order valence-electron chi connectivity index (χ2n) is 6.83. The number of benzene rings is 1. The Hall–Kier alpha value is -3.03. The van der Waals surface area contributed by atoms with Gasteiger partial charge in [-0.1, -0.05) is 0 Å². The van der Waals surface area contributed by atoms with Crippen molar-refractivity contribution in [3.63, 3.8) is 0 Å². The molecule has 0 saturated carbocycles. The third kappa shape index (κ3) is 2.58. The van der Waals surface area contributed by atoms with Gasteiger partial charge in [0, 0.05) is 31.7 Å². The molecule has 1 amide bonds. The first-order chi connectivity index (χ1) is 12.8. The van der Waals surface area contributed by atoms with Crippen molar-refractivity contribution in [2.75, 3.05) is 31.1 Å². The molecule has 0 bridgehead atoms. The molecule has 1 fully saturated rings. The molecule has 8 heteroatoms. The Labute approximate surface area is 150 Å². The Morgan fingerprint density at radius 2 is 1.81 bits per heavy atom. The smallest absolute Gasteiger partial charge is 0.254 e. The lowest BCUT2D eigenvalue weighted by atomic mass is 10.1. The van der Waals surface area contributed by atoms with Gasteiger partial charge in [0.05, 0.1) is 5.69 Å². The van der Waals surface area contributed by atoms with Gasteiger partial charge in [0.1, 0.15) is 11.0 Å². The van der Waals surface area contributed by atoms with Crippen LogP contribution in [0.2, 0.25) is 0 Å². The maximum atomic E-state index is 12.8. The van der Waals surface area contributed by atoms with Gasteiger partial charge >= 0.3 is 0 Å². The Bertz CT molecular complexity index is 975. The zero-order chi connectivity index (χ0) is 17.5. The van der Waals surface area contributed by atoms with Crippen LogP contribution >= 0.6 is 0 Å². The van der Waals surface area contributed by atoms with Crippen LogP contribution in [0.4, 0.5) is 5.82 Å². The number of carbonyl (C=O) groups excluding carboxylic acids is 1. The summed E-state index contributed by atoms with van der Waals surface area (Å²) in [5, 5.41) is 19.4. The average Bonchev–Trinajstić information content (AvgIpc) is 3.35. The number of H-pyrrole nitrogens is 1. The molecule has 2 aliphatic rings. The van der Waals surface area contributed by atoms with Crippen LogP contribution in [0.15, 0.2) is 24.3 Å². The molecule has 8 nitrogen and oxygen atoms in total. The van der Waals surface area contributed by atoms with E-state index in [0.717, 1.165) is 43.0 Å². The van der Waals surface area contributed by atoms with Crippen LogP contribution < -0.4 is 4.90 Å². The van der Waals surface area contributed by atoms with Crippen LogP contribution in [-0.2, 0) is 12.8 Å². The highest BCUT2D eigenvalue weighted by atomic mass is 16.2. The van der Waals surface area contributed by atoms with E-state index in [0.29, 0.717) is 24.2 Å². The Morgan fingerprint density at radius 3 is 2.69 bits per heavy atom. The number of fused-ring (bicyclic) bond motifs is 2. The number of aryl methyl sites for hydroxylation is 2. The summed E-state index contributed by atoms with van der Waals surface area (Å²) in [6.45, 7) is 2.89. The van der Waals surface area contributed by atoms with Gasteiger partial charge in [0.2, 0.25) is 0 Å². The van der Waals surface area contributed by atoms with Crippen molar-refractivity contribution in [2.24, 2.45) is 0 Å². The van der Waals surface area contributed by atoms with E-state index in [4.69, 9.17) is 0 Å². The molecule has 0 unspecified atom stereocenters. The molecule has 1 aromatic carbocycles. The minimum Gasteiger partial charge on any atom is -0.352 e. The normalized spacial score (nSPS) is 16.9. The third-order valence-corrected chi connectivity index (χ3v) is 5.26. The van der Waals surface area contributed by atoms with Crippen LogP contribution in [0.25, 0.3) is 11.0 Å². The van der Waals surface area contributed by atoms with Gasteiger partial charge in [-0.2, -0.15) is 20.5 Å². The van der Waals surface area contributed by atoms with E-state index in [1.165, 1.54) is 12.0 Å². The SMILES string of the molecule is O=C(c1ccc2n[nH]nc2c1)N1CCN(c2cc3c(nn2)CCC3)CC1. The first kappa shape index (κ1) is 15.2. The van der Waals surface area contributed by atoms with E-state index >= 15 is 0 Å². The molecule has 3 aromatic rings. The Morgan fingerprint density at radius 1 is 0.962 bits per heavy atom. The molecule has 0 radical (unpaired) electrons. The molecule has 0 atom stereocenters. The lowest BCUT2D eigenvalue weighted by Crippen LogP contribution is -2.49. The summed E-state index contributed by atoms with van der Waals surface area (Å²) in [7, 11) is 0. The molecule has 1 aliphatic heterocycles. The first-order valence-electron chi connectivity index (χ1n) is 8.98. The van der Waals surface area contributed by atoms with E-state index in [1.54, 1.807) is 6.07 Å². The van der Waals surface area contributed by atoms with Crippen LogP contribution in [0, 0.1) is 0 Å². The van der Waals surface area contributed by atoms with E-state index in [-0.39, 0.29) is 5.91 Å². The lowest BCUT2D eigenvalue weighted by Gasteiger charge is -2.35. The van der Waals surface area contributed by atoms with Crippen molar-refractivity contribution in [3.05, 3.63) is 41.1 Å². The number of rotatable bonds is 2. The van der Waals surface area contributed by atoms with Crippen molar-refractivity contribution >= 4 is 22.8 Å². The summed E-state index contributed by atoms with van der Waals surface area (Å²) in [6, 6.07) is 7.60. The number of anilines is 1. The van der Waals surface area contributed by atoms with Gasteiger partial charge in [-0.15, -0.1) is 5.10 Å². The predicted molar refractivity (Wildman–Crippen MR) is 96.1 cm³/mol. The summed E-state index contributed by atoms with van der Waals surface area (Å²) < 4.78 is 0. The molecule has 1 saturated heterocycles. The molecular weight excluding hydrogens is 330 g/mol. The minimum absolute atomic E-state index is 0.0367. The van der Waals surface area contributed by atoms with E-state index in [2.05, 4.69) is 36.6 Å². The van der Waals surface area contributed by atoms with Gasteiger partial charge in [0.15, 0.2) is 5.82 Å². The Balaban J connectivity index is 1.28. The first-order valence-corrected chi connectivity index (χ1v) is 8.98.